The second-order valence-electron chi connectivity index (χ2n) is 6.25. The molecule has 3 aromatic rings. The number of rotatable bonds is 4. The number of hydrogen-bond acceptors (Lipinski definition) is 3. The molecule has 25 heavy (non-hydrogen) atoms. The van der Waals surface area contributed by atoms with Crippen LogP contribution in [0.3, 0.4) is 0 Å². The summed E-state index contributed by atoms with van der Waals surface area (Å²) < 4.78 is 0. The second kappa shape index (κ2) is 7.21. The van der Waals surface area contributed by atoms with Crippen molar-refractivity contribution >= 4 is 28.2 Å². The molecule has 0 aliphatic heterocycles. The van der Waals surface area contributed by atoms with E-state index >= 15 is 0 Å². The normalized spacial score (nSPS) is 10.5. The number of anilines is 2. The fraction of sp³-hybridized carbons (Fsp3) is 0.200. The summed E-state index contributed by atoms with van der Waals surface area (Å²) in [5, 5.41) is 4.97. The van der Waals surface area contributed by atoms with E-state index in [9.17, 15) is 4.79 Å². The molecular weight excluding hydrogens is 312 g/mol. The maximum atomic E-state index is 12.5. The average molecular weight is 334 g/mol. The molecule has 5 nitrogen and oxygen atoms in total. The second-order valence-corrected chi connectivity index (χ2v) is 6.25. The molecule has 0 unspecified atom stereocenters. The predicted octanol–water partition coefficient (Wildman–Crippen LogP) is 3.96. The van der Waals surface area contributed by atoms with Gasteiger partial charge in [-0.25, -0.2) is 4.79 Å². The number of hydrogen-bond donors (Lipinski definition) is 1. The highest BCUT2D eigenvalue weighted by atomic mass is 16.2. The minimum absolute atomic E-state index is 0.138. The zero-order valence-corrected chi connectivity index (χ0v) is 14.7. The number of amides is 2. The lowest BCUT2D eigenvalue weighted by Crippen LogP contribution is -2.30. The van der Waals surface area contributed by atoms with Crippen molar-refractivity contribution in [2.45, 2.75) is 6.54 Å². The molecule has 0 aliphatic rings. The van der Waals surface area contributed by atoms with E-state index in [1.807, 2.05) is 50.5 Å². The molecule has 0 bridgehead atoms. The van der Waals surface area contributed by atoms with Gasteiger partial charge in [0, 0.05) is 56.5 Å². The number of fused-ring (bicyclic) bond motifs is 1. The molecule has 1 N–H and O–H groups in total. The van der Waals surface area contributed by atoms with Crippen LogP contribution in [0.4, 0.5) is 16.2 Å². The molecular formula is C20H22N4O. The Morgan fingerprint density at radius 1 is 1.04 bits per heavy atom. The Hall–Kier alpha value is -3.08. The number of aromatic nitrogens is 1. The van der Waals surface area contributed by atoms with Crippen molar-refractivity contribution in [1.29, 1.82) is 0 Å². The van der Waals surface area contributed by atoms with Gasteiger partial charge in [0.2, 0.25) is 0 Å². The summed E-state index contributed by atoms with van der Waals surface area (Å²) in [5.74, 6) is 0. The van der Waals surface area contributed by atoms with Gasteiger partial charge >= 0.3 is 6.03 Å². The van der Waals surface area contributed by atoms with Crippen LogP contribution in [0.5, 0.6) is 0 Å². The Morgan fingerprint density at radius 2 is 1.80 bits per heavy atom. The summed E-state index contributed by atoms with van der Waals surface area (Å²) in [6, 6.07) is 15.8. The molecule has 3 rings (SSSR count). The molecule has 0 spiro atoms. The monoisotopic (exact) mass is 334 g/mol. The number of pyridine rings is 1. The maximum Gasteiger partial charge on any atom is 0.321 e. The van der Waals surface area contributed by atoms with Gasteiger partial charge in [0.05, 0.1) is 5.69 Å². The number of nitrogens with zero attached hydrogens (tertiary/aromatic N) is 3. The fourth-order valence-electron chi connectivity index (χ4n) is 2.69. The third kappa shape index (κ3) is 3.88. The molecule has 0 atom stereocenters. The van der Waals surface area contributed by atoms with Crippen LogP contribution in [0.1, 0.15) is 5.56 Å². The molecule has 5 heteroatoms. The third-order valence-electron chi connectivity index (χ3n) is 4.14. The molecule has 1 heterocycles. The molecule has 128 valence electrons. The largest absolute Gasteiger partial charge is 0.378 e. The van der Waals surface area contributed by atoms with Crippen LogP contribution in [0.2, 0.25) is 0 Å². The molecule has 2 amide bonds. The molecule has 0 aliphatic carbocycles. The van der Waals surface area contributed by atoms with Crippen LogP contribution in [-0.2, 0) is 6.54 Å². The first-order valence-electron chi connectivity index (χ1n) is 8.16. The first-order valence-corrected chi connectivity index (χ1v) is 8.16. The van der Waals surface area contributed by atoms with E-state index in [2.05, 4.69) is 27.3 Å². The summed E-state index contributed by atoms with van der Waals surface area (Å²) in [6.45, 7) is 0.547. The van der Waals surface area contributed by atoms with Gasteiger partial charge in [-0.3, -0.25) is 4.98 Å². The summed E-state index contributed by atoms with van der Waals surface area (Å²) in [5.41, 5.74) is 3.02. The molecule has 0 fully saturated rings. The summed E-state index contributed by atoms with van der Waals surface area (Å²) >= 11 is 0. The molecule has 1 aromatic heterocycles. The van der Waals surface area contributed by atoms with Crippen molar-refractivity contribution in [2.24, 2.45) is 0 Å². The van der Waals surface area contributed by atoms with Crippen molar-refractivity contribution in [3.05, 3.63) is 66.5 Å². The highest BCUT2D eigenvalue weighted by Gasteiger charge is 2.11. The van der Waals surface area contributed by atoms with Crippen LogP contribution in [-0.4, -0.2) is 37.1 Å². The van der Waals surface area contributed by atoms with Crippen molar-refractivity contribution in [3.8, 4) is 0 Å². The van der Waals surface area contributed by atoms with Gasteiger partial charge in [-0.1, -0.05) is 24.3 Å². The van der Waals surface area contributed by atoms with Crippen molar-refractivity contribution in [1.82, 2.24) is 9.88 Å². The molecule has 0 radical (unpaired) electrons. The van der Waals surface area contributed by atoms with E-state index < -0.39 is 0 Å². The first-order chi connectivity index (χ1) is 12.0. The molecule has 0 saturated heterocycles. The van der Waals surface area contributed by atoms with Gasteiger partial charge in [0.25, 0.3) is 0 Å². The summed E-state index contributed by atoms with van der Waals surface area (Å²) in [7, 11) is 5.81. The van der Waals surface area contributed by atoms with Crippen LogP contribution < -0.4 is 10.2 Å². The lowest BCUT2D eigenvalue weighted by molar-refractivity contribution is 0.220. The summed E-state index contributed by atoms with van der Waals surface area (Å²) in [6.07, 6.45) is 3.52. The van der Waals surface area contributed by atoms with Crippen LogP contribution in [0.15, 0.2) is 60.9 Å². The predicted molar refractivity (Wildman–Crippen MR) is 103 cm³/mol. The molecule has 0 saturated carbocycles. The fourth-order valence-corrected chi connectivity index (χ4v) is 2.69. The van der Waals surface area contributed by atoms with Gasteiger partial charge in [0.15, 0.2) is 0 Å². The highest BCUT2D eigenvalue weighted by molar-refractivity contribution is 6.01. The van der Waals surface area contributed by atoms with Crippen molar-refractivity contribution in [2.75, 3.05) is 31.4 Å². The average Bonchev–Trinajstić information content (AvgIpc) is 2.62. The lowest BCUT2D eigenvalue weighted by Gasteiger charge is -2.19. The van der Waals surface area contributed by atoms with Gasteiger partial charge < -0.3 is 15.1 Å². The Bertz CT molecular complexity index is 869. The van der Waals surface area contributed by atoms with Gasteiger partial charge in [-0.05, 0) is 29.8 Å². The minimum Gasteiger partial charge on any atom is -0.378 e. The van der Waals surface area contributed by atoms with Crippen molar-refractivity contribution < 1.29 is 4.79 Å². The maximum absolute atomic E-state index is 12.5. The van der Waals surface area contributed by atoms with Gasteiger partial charge in [-0.2, -0.15) is 0 Å². The van der Waals surface area contributed by atoms with E-state index in [0.29, 0.717) is 6.54 Å². The zero-order valence-electron chi connectivity index (χ0n) is 14.7. The Morgan fingerprint density at radius 3 is 2.52 bits per heavy atom. The number of carbonyl (C=O) groups excluding carboxylic acids is 1. The minimum atomic E-state index is -0.138. The van der Waals surface area contributed by atoms with E-state index in [1.165, 1.54) is 0 Å². The van der Waals surface area contributed by atoms with Crippen molar-refractivity contribution in [3.63, 3.8) is 0 Å². The number of carbonyl (C=O) groups is 1. The molecule has 2 aromatic carbocycles. The number of nitrogens with one attached hydrogen (secondary N) is 1. The standard InChI is InChI=1S/C20H22N4O/c1-23(2)17-9-7-15(8-10-17)14-24(3)20(25)22-19-6-4-5-16-13-21-12-11-18(16)19/h4-13H,14H2,1-3H3,(H,22,25). The van der Waals surface area contributed by atoms with Gasteiger partial charge in [-0.15, -0.1) is 0 Å². The SMILES string of the molecule is CN(Cc1ccc(N(C)C)cc1)C(=O)Nc1cccc2cnccc12. The Labute approximate surface area is 147 Å². The van der Waals surface area contributed by atoms with Crippen LogP contribution in [0.25, 0.3) is 10.8 Å². The van der Waals surface area contributed by atoms with Gasteiger partial charge in [0.1, 0.15) is 0 Å². The van der Waals surface area contributed by atoms with E-state index in [0.717, 1.165) is 27.7 Å². The van der Waals surface area contributed by atoms with E-state index in [-0.39, 0.29) is 6.03 Å². The van der Waals surface area contributed by atoms with E-state index in [4.69, 9.17) is 0 Å². The number of benzene rings is 2. The summed E-state index contributed by atoms with van der Waals surface area (Å²) in [4.78, 5) is 20.4. The Kier molecular flexibility index (Phi) is 4.84. The smallest absolute Gasteiger partial charge is 0.321 e. The topological polar surface area (TPSA) is 48.5 Å². The van der Waals surface area contributed by atoms with Crippen LogP contribution in [0, 0.1) is 0 Å². The third-order valence-corrected chi connectivity index (χ3v) is 4.14. The number of urea groups is 1. The lowest BCUT2D eigenvalue weighted by atomic mass is 10.1. The van der Waals surface area contributed by atoms with Crippen LogP contribution >= 0.6 is 0 Å². The quantitative estimate of drug-likeness (QED) is 0.785. The van der Waals surface area contributed by atoms with E-state index in [1.54, 1.807) is 24.3 Å². The zero-order chi connectivity index (χ0) is 17.8. The Balaban J connectivity index is 1.70. The first kappa shape index (κ1) is 16.8. The highest BCUT2D eigenvalue weighted by Crippen LogP contribution is 2.22.